The van der Waals surface area contributed by atoms with Crippen molar-refractivity contribution in [3.63, 3.8) is 0 Å². The van der Waals surface area contributed by atoms with E-state index in [1.165, 1.54) is 10.3 Å². The molecule has 8 heteroatoms. The number of thiophene rings is 1. The summed E-state index contributed by atoms with van der Waals surface area (Å²) in [5.41, 5.74) is 4.60. The number of aromatic amines is 1. The summed E-state index contributed by atoms with van der Waals surface area (Å²) in [5, 5.41) is 3.46. The monoisotopic (exact) mass is 462 g/mol. The molecule has 5 heterocycles. The van der Waals surface area contributed by atoms with Gasteiger partial charge in [0.2, 0.25) is 0 Å². The molecule has 2 aliphatic rings. The van der Waals surface area contributed by atoms with Crippen molar-refractivity contribution >= 4 is 38.3 Å². The van der Waals surface area contributed by atoms with Crippen LogP contribution in [0.15, 0.2) is 35.8 Å². The van der Waals surface area contributed by atoms with E-state index in [9.17, 15) is 0 Å². The lowest BCUT2D eigenvalue weighted by molar-refractivity contribution is 0.0987. The van der Waals surface area contributed by atoms with Crippen molar-refractivity contribution in [1.29, 1.82) is 0 Å². The molecule has 2 fully saturated rings. The second kappa shape index (κ2) is 8.68. The SMILES string of the molecule is C[C@@H]1COCCN1c1nc(-c2cccc3[nH]ccc23)nc2c(CN3CCN(C)CC3)csc12. The largest absolute Gasteiger partial charge is 0.377 e. The standard InChI is InChI=1S/C25H30N6OS/c1-17-15-32-13-12-31(17)25-23-22(18(16-33-23)14-30-10-8-29(2)9-11-30)27-24(28-25)20-4-3-5-21-19(20)6-7-26-21/h3-7,16-17,26H,8-15H2,1-2H3/t17-/m1/s1. The van der Waals surface area contributed by atoms with E-state index in [-0.39, 0.29) is 6.04 Å². The number of rotatable bonds is 4. The Balaban J connectivity index is 1.48. The van der Waals surface area contributed by atoms with Crippen molar-refractivity contribution in [2.45, 2.75) is 19.5 Å². The van der Waals surface area contributed by atoms with Gasteiger partial charge in [0.25, 0.3) is 0 Å². The molecule has 0 spiro atoms. The number of H-pyrrole nitrogens is 1. The summed E-state index contributed by atoms with van der Waals surface area (Å²) in [7, 11) is 2.20. The molecule has 0 radical (unpaired) electrons. The number of ether oxygens (including phenoxy) is 1. The molecular weight excluding hydrogens is 432 g/mol. The van der Waals surface area contributed by atoms with Gasteiger partial charge in [0.05, 0.1) is 29.5 Å². The third-order valence-electron chi connectivity index (χ3n) is 6.94. The molecule has 0 bridgehead atoms. The van der Waals surface area contributed by atoms with Gasteiger partial charge < -0.3 is 19.5 Å². The summed E-state index contributed by atoms with van der Waals surface area (Å²) < 4.78 is 6.92. The smallest absolute Gasteiger partial charge is 0.162 e. The Labute approximate surface area is 198 Å². The molecule has 172 valence electrons. The molecule has 4 aromatic rings. The minimum Gasteiger partial charge on any atom is -0.377 e. The lowest BCUT2D eigenvalue weighted by Crippen LogP contribution is -2.44. The summed E-state index contributed by atoms with van der Waals surface area (Å²) >= 11 is 1.78. The number of aromatic nitrogens is 3. The van der Waals surface area contributed by atoms with Crippen LogP contribution in [0.25, 0.3) is 32.5 Å². The molecule has 7 nitrogen and oxygen atoms in total. The predicted molar refractivity (Wildman–Crippen MR) is 135 cm³/mol. The highest BCUT2D eigenvalue weighted by Crippen LogP contribution is 2.37. The van der Waals surface area contributed by atoms with E-state index in [0.717, 1.165) is 86.1 Å². The van der Waals surface area contributed by atoms with Crippen LogP contribution in [0.1, 0.15) is 12.5 Å². The predicted octanol–water partition coefficient (Wildman–Crippen LogP) is 3.81. The Morgan fingerprint density at radius 3 is 2.85 bits per heavy atom. The van der Waals surface area contributed by atoms with Crippen LogP contribution in [0.2, 0.25) is 0 Å². The summed E-state index contributed by atoms with van der Waals surface area (Å²) in [5.74, 6) is 1.85. The molecule has 0 amide bonds. The first-order valence-electron chi connectivity index (χ1n) is 11.8. The Hall–Kier alpha value is -2.52. The van der Waals surface area contributed by atoms with Crippen molar-refractivity contribution in [2.24, 2.45) is 0 Å². The van der Waals surface area contributed by atoms with Crippen molar-refractivity contribution in [2.75, 3.05) is 57.9 Å². The zero-order chi connectivity index (χ0) is 22.4. The van der Waals surface area contributed by atoms with E-state index in [1.807, 2.05) is 6.20 Å². The van der Waals surface area contributed by atoms with Gasteiger partial charge in [0, 0.05) is 67.5 Å². The number of likely N-dealkylation sites (N-methyl/N-ethyl adjacent to an activating group) is 1. The Morgan fingerprint density at radius 2 is 2.00 bits per heavy atom. The second-order valence-corrected chi connectivity index (χ2v) is 10.1. The van der Waals surface area contributed by atoms with E-state index in [2.05, 4.69) is 63.3 Å². The molecule has 6 rings (SSSR count). The first kappa shape index (κ1) is 21.0. The number of fused-ring (bicyclic) bond motifs is 2. The van der Waals surface area contributed by atoms with Gasteiger partial charge in [-0.3, -0.25) is 4.90 Å². The van der Waals surface area contributed by atoms with E-state index < -0.39 is 0 Å². The van der Waals surface area contributed by atoms with Crippen molar-refractivity contribution in [1.82, 2.24) is 24.8 Å². The number of nitrogens with zero attached hydrogens (tertiary/aromatic N) is 5. The van der Waals surface area contributed by atoms with Gasteiger partial charge in [0.15, 0.2) is 11.6 Å². The quantitative estimate of drug-likeness (QED) is 0.498. The number of piperazine rings is 1. The van der Waals surface area contributed by atoms with Crippen LogP contribution in [0.3, 0.4) is 0 Å². The molecule has 1 atom stereocenters. The highest BCUT2D eigenvalue weighted by atomic mass is 32.1. The fourth-order valence-corrected chi connectivity index (χ4v) is 5.95. The molecular formula is C25H30N6OS. The molecule has 0 unspecified atom stereocenters. The second-order valence-electron chi connectivity index (χ2n) is 9.25. The molecule has 1 N–H and O–H groups in total. The number of hydrogen-bond donors (Lipinski definition) is 1. The van der Waals surface area contributed by atoms with Gasteiger partial charge in [0.1, 0.15) is 0 Å². The van der Waals surface area contributed by atoms with E-state index >= 15 is 0 Å². The first-order chi connectivity index (χ1) is 16.2. The lowest BCUT2D eigenvalue weighted by Gasteiger charge is -2.34. The highest BCUT2D eigenvalue weighted by molar-refractivity contribution is 7.18. The number of hydrogen-bond acceptors (Lipinski definition) is 7. The van der Waals surface area contributed by atoms with Crippen LogP contribution in [0, 0.1) is 0 Å². The van der Waals surface area contributed by atoms with Crippen LogP contribution < -0.4 is 4.90 Å². The maximum Gasteiger partial charge on any atom is 0.162 e. The zero-order valence-electron chi connectivity index (χ0n) is 19.3. The normalized spacial score (nSPS) is 20.8. The molecule has 2 aliphatic heterocycles. The molecule has 0 saturated carbocycles. The third kappa shape index (κ3) is 3.91. The third-order valence-corrected chi connectivity index (χ3v) is 7.95. The Kier molecular flexibility index (Phi) is 5.54. The zero-order valence-corrected chi connectivity index (χ0v) is 20.1. The van der Waals surface area contributed by atoms with Crippen LogP contribution in [-0.2, 0) is 11.3 Å². The first-order valence-corrected chi connectivity index (χ1v) is 12.7. The number of benzene rings is 1. The number of anilines is 1. The van der Waals surface area contributed by atoms with Crippen molar-refractivity contribution in [3.8, 4) is 11.4 Å². The average molecular weight is 463 g/mol. The van der Waals surface area contributed by atoms with Crippen LogP contribution in [0.4, 0.5) is 5.82 Å². The van der Waals surface area contributed by atoms with Gasteiger partial charge in [-0.2, -0.15) is 0 Å². The lowest BCUT2D eigenvalue weighted by atomic mass is 10.1. The van der Waals surface area contributed by atoms with Gasteiger partial charge in [-0.1, -0.05) is 12.1 Å². The van der Waals surface area contributed by atoms with Crippen LogP contribution in [0.5, 0.6) is 0 Å². The maximum atomic E-state index is 5.73. The number of morpholine rings is 1. The minimum absolute atomic E-state index is 0.288. The van der Waals surface area contributed by atoms with Gasteiger partial charge in [-0.05, 0) is 31.5 Å². The summed E-state index contributed by atoms with van der Waals surface area (Å²) in [6.45, 7) is 9.92. The fourth-order valence-electron chi connectivity index (χ4n) is 4.95. The maximum absolute atomic E-state index is 5.73. The average Bonchev–Trinajstić information content (AvgIpc) is 3.47. The summed E-state index contributed by atoms with van der Waals surface area (Å²) in [6, 6.07) is 8.73. The molecule has 0 aliphatic carbocycles. The molecule has 3 aromatic heterocycles. The van der Waals surface area contributed by atoms with Crippen LogP contribution >= 0.6 is 11.3 Å². The van der Waals surface area contributed by atoms with Crippen LogP contribution in [-0.4, -0.2) is 83.8 Å². The summed E-state index contributed by atoms with van der Waals surface area (Å²) in [4.78, 5) is 21.0. The van der Waals surface area contributed by atoms with E-state index in [4.69, 9.17) is 14.7 Å². The van der Waals surface area contributed by atoms with Gasteiger partial charge in [-0.15, -0.1) is 11.3 Å². The number of nitrogens with one attached hydrogen (secondary N) is 1. The molecule has 1 aromatic carbocycles. The van der Waals surface area contributed by atoms with Crippen molar-refractivity contribution in [3.05, 3.63) is 41.4 Å². The molecule has 2 saturated heterocycles. The Bertz CT molecular complexity index is 1270. The molecule has 33 heavy (non-hydrogen) atoms. The highest BCUT2D eigenvalue weighted by Gasteiger charge is 2.26. The fraction of sp³-hybridized carbons (Fsp3) is 0.440. The van der Waals surface area contributed by atoms with Gasteiger partial charge in [-0.25, -0.2) is 9.97 Å². The van der Waals surface area contributed by atoms with Crippen molar-refractivity contribution < 1.29 is 4.74 Å². The van der Waals surface area contributed by atoms with Gasteiger partial charge >= 0.3 is 0 Å². The van der Waals surface area contributed by atoms with E-state index in [0.29, 0.717) is 0 Å². The summed E-state index contributed by atoms with van der Waals surface area (Å²) in [6.07, 6.45) is 1.99. The topological polar surface area (TPSA) is 60.5 Å². The van der Waals surface area contributed by atoms with E-state index in [1.54, 1.807) is 11.3 Å². The minimum atomic E-state index is 0.288. The Morgan fingerprint density at radius 1 is 1.12 bits per heavy atom.